The summed E-state index contributed by atoms with van der Waals surface area (Å²) in [6.45, 7) is 2.82. The third-order valence-electron chi connectivity index (χ3n) is 5.33. The molecule has 0 aromatic heterocycles. The van der Waals surface area contributed by atoms with Crippen LogP contribution in [-0.4, -0.2) is 38.8 Å². The van der Waals surface area contributed by atoms with E-state index >= 15 is 0 Å². The fraction of sp³-hybridized carbons (Fsp3) is 0.409. The number of sulfonamides is 1. The molecule has 0 radical (unpaired) electrons. The van der Waals surface area contributed by atoms with Crippen molar-refractivity contribution in [2.75, 3.05) is 20.2 Å². The van der Waals surface area contributed by atoms with Gasteiger partial charge in [0.2, 0.25) is 10.0 Å². The number of hydrogen-bond donors (Lipinski definition) is 1. The summed E-state index contributed by atoms with van der Waals surface area (Å²) in [6.07, 6.45) is 3.71. The molecule has 1 N–H and O–H groups in total. The summed E-state index contributed by atoms with van der Waals surface area (Å²) in [6, 6.07) is 11.5. The van der Waals surface area contributed by atoms with Gasteiger partial charge in [0.1, 0.15) is 10.6 Å². The van der Waals surface area contributed by atoms with Gasteiger partial charge in [-0.25, -0.2) is 8.42 Å². The Kier molecular flexibility index (Phi) is 7.39. The summed E-state index contributed by atoms with van der Waals surface area (Å²) >= 11 is 5.92. The first-order chi connectivity index (χ1) is 14.3. The molecule has 1 saturated heterocycles. The molecule has 2 aromatic rings. The van der Waals surface area contributed by atoms with E-state index in [4.69, 9.17) is 16.3 Å². The second-order valence-corrected chi connectivity index (χ2v) is 9.77. The van der Waals surface area contributed by atoms with Crippen LogP contribution in [0.15, 0.2) is 47.4 Å². The van der Waals surface area contributed by atoms with E-state index in [-0.39, 0.29) is 28.2 Å². The number of benzene rings is 2. The average Bonchev–Trinajstić information content (AvgIpc) is 3.04. The van der Waals surface area contributed by atoms with Crippen LogP contribution in [0, 0.1) is 0 Å². The van der Waals surface area contributed by atoms with Gasteiger partial charge in [0.25, 0.3) is 5.91 Å². The van der Waals surface area contributed by atoms with E-state index < -0.39 is 10.0 Å². The Balaban J connectivity index is 1.86. The third-order valence-corrected chi connectivity index (χ3v) is 7.50. The maximum Gasteiger partial charge on any atom is 0.251 e. The first kappa shape index (κ1) is 22.6. The zero-order chi connectivity index (χ0) is 21.7. The minimum absolute atomic E-state index is 0.0266. The van der Waals surface area contributed by atoms with Crippen molar-refractivity contribution in [1.82, 2.24) is 9.62 Å². The van der Waals surface area contributed by atoms with Gasteiger partial charge in [0.15, 0.2) is 0 Å². The van der Waals surface area contributed by atoms with Gasteiger partial charge in [0, 0.05) is 23.7 Å². The predicted molar refractivity (Wildman–Crippen MR) is 118 cm³/mol. The van der Waals surface area contributed by atoms with Crippen LogP contribution in [0.2, 0.25) is 5.02 Å². The van der Waals surface area contributed by atoms with Crippen molar-refractivity contribution in [2.24, 2.45) is 0 Å². The number of carbonyl (C=O) groups excluding carboxylic acids is 1. The molecule has 8 heteroatoms. The summed E-state index contributed by atoms with van der Waals surface area (Å²) in [5.74, 6) is -0.117. The molecule has 1 amide bonds. The van der Waals surface area contributed by atoms with Gasteiger partial charge in [-0.05, 0) is 55.7 Å². The van der Waals surface area contributed by atoms with Crippen molar-refractivity contribution in [3.05, 3.63) is 58.6 Å². The number of rotatable bonds is 6. The molecule has 30 heavy (non-hydrogen) atoms. The van der Waals surface area contributed by atoms with E-state index in [1.807, 2.05) is 19.1 Å². The molecule has 2 aromatic carbocycles. The monoisotopic (exact) mass is 450 g/mol. The van der Waals surface area contributed by atoms with Crippen molar-refractivity contribution in [3.63, 3.8) is 0 Å². The zero-order valence-electron chi connectivity index (χ0n) is 17.2. The second kappa shape index (κ2) is 9.81. The van der Waals surface area contributed by atoms with E-state index in [0.29, 0.717) is 18.1 Å². The molecule has 0 unspecified atom stereocenters. The first-order valence-corrected chi connectivity index (χ1v) is 11.9. The number of carbonyl (C=O) groups is 1. The number of methoxy groups -OCH3 is 1. The summed E-state index contributed by atoms with van der Waals surface area (Å²) in [5, 5.41) is 3.53. The summed E-state index contributed by atoms with van der Waals surface area (Å²) in [4.78, 5) is 12.8. The minimum atomic E-state index is -3.76. The van der Waals surface area contributed by atoms with Crippen molar-refractivity contribution >= 4 is 27.5 Å². The van der Waals surface area contributed by atoms with E-state index in [9.17, 15) is 13.2 Å². The van der Waals surface area contributed by atoms with E-state index in [1.165, 1.54) is 23.5 Å². The number of nitrogens with one attached hydrogen (secondary N) is 1. The minimum Gasteiger partial charge on any atom is -0.495 e. The molecule has 0 saturated carbocycles. The lowest BCUT2D eigenvalue weighted by atomic mass is 10.1. The van der Waals surface area contributed by atoms with Gasteiger partial charge in [-0.3, -0.25) is 4.79 Å². The average molecular weight is 451 g/mol. The lowest BCUT2D eigenvalue weighted by molar-refractivity contribution is 0.0939. The molecule has 1 aliphatic heterocycles. The Morgan fingerprint density at radius 1 is 1.07 bits per heavy atom. The Labute approximate surface area is 183 Å². The molecule has 0 aliphatic carbocycles. The van der Waals surface area contributed by atoms with Crippen LogP contribution in [0.25, 0.3) is 0 Å². The molecule has 3 rings (SSSR count). The van der Waals surface area contributed by atoms with Gasteiger partial charge >= 0.3 is 0 Å². The van der Waals surface area contributed by atoms with Gasteiger partial charge in [-0.1, -0.05) is 36.6 Å². The van der Waals surface area contributed by atoms with Crippen LogP contribution < -0.4 is 10.1 Å². The molecule has 0 bridgehead atoms. The Morgan fingerprint density at radius 2 is 1.70 bits per heavy atom. The smallest absolute Gasteiger partial charge is 0.251 e. The van der Waals surface area contributed by atoms with Crippen molar-refractivity contribution in [3.8, 4) is 5.75 Å². The van der Waals surface area contributed by atoms with Crippen molar-refractivity contribution < 1.29 is 17.9 Å². The van der Waals surface area contributed by atoms with Crippen LogP contribution in [0.3, 0.4) is 0 Å². The summed E-state index contributed by atoms with van der Waals surface area (Å²) in [5.41, 5.74) is 1.17. The quantitative estimate of drug-likeness (QED) is 0.707. The SMILES string of the molecule is COc1ccc(C(=O)N[C@@H](C)c2ccc(Cl)cc2)cc1S(=O)(=O)N1CCCCCC1. The highest BCUT2D eigenvalue weighted by atomic mass is 35.5. The van der Waals surface area contributed by atoms with Crippen LogP contribution in [0.5, 0.6) is 5.75 Å². The molecule has 6 nitrogen and oxygen atoms in total. The van der Waals surface area contributed by atoms with Gasteiger partial charge in [-0.15, -0.1) is 0 Å². The molecule has 1 atom stereocenters. The normalized spacial score (nSPS) is 16.5. The second-order valence-electron chi connectivity index (χ2n) is 7.43. The molecular weight excluding hydrogens is 424 g/mol. The highest BCUT2D eigenvalue weighted by Gasteiger charge is 2.29. The molecule has 1 aliphatic rings. The fourth-order valence-electron chi connectivity index (χ4n) is 3.56. The van der Waals surface area contributed by atoms with Crippen LogP contribution in [0.4, 0.5) is 0 Å². The lowest BCUT2D eigenvalue weighted by Crippen LogP contribution is -2.32. The van der Waals surface area contributed by atoms with Gasteiger partial charge < -0.3 is 10.1 Å². The maximum atomic E-state index is 13.3. The number of halogens is 1. The predicted octanol–water partition coefficient (Wildman–Crippen LogP) is 4.40. The zero-order valence-corrected chi connectivity index (χ0v) is 18.8. The highest BCUT2D eigenvalue weighted by Crippen LogP contribution is 2.29. The van der Waals surface area contributed by atoms with E-state index in [1.54, 1.807) is 18.2 Å². The number of hydrogen-bond acceptors (Lipinski definition) is 4. The molecule has 1 heterocycles. The number of ether oxygens (including phenoxy) is 1. The van der Waals surface area contributed by atoms with E-state index in [0.717, 1.165) is 31.2 Å². The summed E-state index contributed by atoms with van der Waals surface area (Å²) < 4.78 is 33.3. The standard InChI is InChI=1S/C22H27ClN2O4S/c1-16(17-7-10-19(23)11-8-17)24-22(26)18-9-12-20(29-2)21(15-18)30(27,28)25-13-5-3-4-6-14-25/h7-12,15-16H,3-6,13-14H2,1-2H3,(H,24,26)/t16-/m0/s1. The third kappa shape index (κ3) is 5.14. The fourth-order valence-corrected chi connectivity index (χ4v) is 5.38. The number of nitrogens with zero attached hydrogens (tertiary/aromatic N) is 1. The molecule has 1 fully saturated rings. The van der Waals surface area contributed by atoms with Crippen LogP contribution >= 0.6 is 11.6 Å². The lowest BCUT2D eigenvalue weighted by Gasteiger charge is -2.22. The molecule has 162 valence electrons. The van der Waals surface area contributed by atoms with Gasteiger partial charge in [0.05, 0.1) is 13.2 Å². The maximum absolute atomic E-state index is 13.3. The van der Waals surface area contributed by atoms with Crippen LogP contribution in [-0.2, 0) is 10.0 Å². The Bertz CT molecular complexity index is 985. The Hall–Kier alpha value is -2.09. The van der Waals surface area contributed by atoms with E-state index in [2.05, 4.69) is 5.32 Å². The molecular formula is C22H27ClN2O4S. The highest BCUT2D eigenvalue weighted by molar-refractivity contribution is 7.89. The van der Waals surface area contributed by atoms with Gasteiger partial charge in [-0.2, -0.15) is 4.31 Å². The largest absolute Gasteiger partial charge is 0.495 e. The Morgan fingerprint density at radius 3 is 2.30 bits per heavy atom. The number of amides is 1. The summed E-state index contributed by atoms with van der Waals surface area (Å²) in [7, 11) is -2.33. The van der Waals surface area contributed by atoms with Crippen molar-refractivity contribution in [2.45, 2.75) is 43.5 Å². The van der Waals surface area contributed by atoms with Crippen molar-refractivity contribution in [1.29, 1.82) is 0 Å². The topological polar surface area (TPSA) is 75.7 Å². The molecule has 0 spiro atoms. The van der Waals surface area contributed by atoms with Crippen LogP contribution in [0.1, 0.15) is 54.6 Å². The first-order valence-electron chi connectivity index (χ1n) is 10.1.